The van der Waals surface area contributed by atoms with E-state index in [1.807, 2.05) is 44.2 Å². The van der Waals surface area contributed by atoms with Crippen molar-refractivity contribution in [1.29, 1.82) is 0 Å². The molecule has 0 radical (unpaired) electrons. The zero-order chi connectivity index (χ0) is 18.1. The molecule has 1 aliphatic heterocycles. The quantitative estimate of drug-likeness (QED) is 0.596. The average molecular weight is 347 g/mol. The van der Waals surface area contributed by atoms with Crippen LogP contribution in [-0.4, -0.2) is 67.0 Å². The lowest BCUT2D eigenvalue weighted by atomic mass is 10.2. The summed E-state index contributed by atoms with van der Waals surface area (Å²) < 4.78 is 5.31. The molecule has 6 heteroatoms. The predicted molar refractivity (Wildman–Crippen MR) is 97.0 cm³/mol. The third-order valence-electron chi connectivity index (χ3n) is 4.31. The first kappa shape index (κ1) is 19.4. The first-order valence-electron chi connectivity index (χ1n) is 9.00. The molecule has 1 N–H and O–H groups in total. The van der Waals surface area contributed by atoms with Crippen LogP contribution in [0, 0.1) is 0 Å². The van der Waals surface area contributed by atoms with E-state index in [1.54, 1.807) is 4.90 Å². The summed E-state index contributed by atoms with van der Waals surface area (Å²) in [6.45, 7) is 9.13. The van der Waals surface area contributed by atoms with Crippen LogP contribution in [0.25, 0.3) is 0 Å². The number of hydrogen-bond donors (Lipinski definition) is 1. The van der Waals surface area contributed by atoms with Crippen LogP contribution in [0.15, 0.2) is 30.3 Å². The van der Waals surface area contributed by atoms with Crippen molar-refractivity contribution in [2.45, 2.75) is 32.9 Å². The molecule has 138 valence electrons. The second kappa shape index (κ2) is 10.2. The molecule has 2 amide bonds. The van der Waals surface area contributed by atoms with Crippen molar-refractivity contribution >= 4 is 11.8 Å². The molecule has 2 rings (SSSR count). The van der Waals surface area contributed by atoms with Crippen LogP contribution in [0.5, 0.6) is 0 Å². The van der Waals surface area contributed by atoms with Gasteiger partial charge in [-0.1, -0.05) is 30.3 Å². The number of nitrogens with zero attached hydrogens (tertiary/aromatic N) is 2. The molecule has 0 bridgehead atoms. The summed E-state index contributed by atoms with van der Waals surface area (Å²) in [4.78, 5) is 28.6. The minimum atomic E-state index is -0.522. The maximum absolute atomic E-state index is 12.5. The van der Waals surface area contributed by atoms with Crippen molar-refractivity contribution < 1.29 is 14.3 Å². The number of amides is 2. The molecule has 1 saturated heterocycles. The van der Waals surface area contributed by atoms with Gasteiger partial charge in [-0.25, -0.2) is 0 Å². The molecule has 1 heterocycles. The van der Waals surface area contributed by atoms with Crippen LogP contribution in [0.4, 0.5) is 0 Å². The molecule has 1 aromatic carbocycles. The molecule has 0 saturated carbocycles. The van der Waals surface area contributed by atoms with E-state index in [0.717, 1.165) is 44.8 Å². The highest BCUT2D eigenvalue weighted by molar-refractivity contribution is 6.35. The fourth-order valence-electron chi connectivity index (χ4n) is 2.80. The first-order chi connectivity index (χ1) is 12.1. The molecule has 0 aromatic heterocycles. The third-order valence-corrected chi connectivity index (χ3v) is 4.31. The highest BCUT2D eigenvalue weighted by Crippen LogP contribution is 2.08. The number of ether oxygens (including phenoxy) is 1. The largest absolute Gasteiger partial charge is 0.379 e. The monoisotopic (exact) mass is 347 g/mol. The standard InChI is InChI=1S/C19H29N3O3/c1-16(2)22(15-17-7-4-3-5-8-17)19(24)18(23)20-9-6-10-21-11-13-25-14-12-21/h3-5,7-8,16H,6,9-15H2,1-2H3,(H,20,23). The zero-order valence-electron chi connectivity index (χ0n) is 15.2. The Morgan fingerprint density at radius 2 is 1.88 bits per heavy atom. The van der Waals surface area contributed by atoms with Gasteiger partial charge in [0, 0.05) is 32.2 Å². The fraction of sp³-hybridized carbons (Fsp3) is 0.579. The fourth-order valence-corrected chi connectivity index (χ4v) is 2.80. The molecular formula is C19H29N3O3. The van der Waals surface area contributed by atoms with Gasteiger partial charge in [0.05, 0.1) is 13.2 Å². The van der Waals surface area contributed by atoms with E-state index in [2.05, 4.69) is 10.2 Å². The van der Waals surface area contributed by atoms with Gasteiger partial charge in [-0.05, 0) is 32.4 Å². The minimum Gasteiger partial charge on any atom is -0.379 e. The van der Waals surface area contributed by atoms with Crippen molar-refractivity contribution in [3.63, 3.8) is 0 Å². The molecule has 0 spiro atoms. The van der Waals surface area contributed by atoms with Gasteiger partial charge in [0.25, 0.3) is 0 Å². The van der Waals surface area contributed by atoms with Crippen LogP contribution in [0.3, 0.4) is 0 Å². The summed E-state index contributed by atoms with van der Waals surface area (Å²) in [6, 6.07) is 9.69. The highest BCUT2D eigenvalue weighted by atomic mass is 16.5. The molecule has 0 atom stereocenters. The maximum atomic E-state index is 12.5. The average Bonchev–Trinajstić information content (AvgIpc) is 2.64. The molecule has 1 aromatic rings. The third kappa shape index (κ3) is 6.48. The number of nitrogens with one attached hydrogen (secondary N) is 1. The van der Waals surface area contributed by atoms with Crippen LogP contribution in [0.2, 0.25) is 0 Å². The van der Waals surface area contributed by atoms with Gasteiger partial charge in [-0.3, -0.25) is 14.5 Å². The van der Waals surface area contributed by atoms with Crippen molar-refractivity contribution in [3.8, 4) is 0 Å². The van der Waals surface area contributed by atoms with Gasteiger partial charge in [-0.2, -0.15) is 0 Å². The molecule has 0 aliphatic carbocycles. The number of hydrogen-bond acceptors (Lipinski definition) is 4. The number of rotatable bonds is 7. The molecular weight excluding hydrogens is 318 g/mol. The van der Waals surface area contributed by atoms with Crippen molar-refractivity contribution in [2.75, 3.05) is 39.4 Å². The van der Waals surface area contributed by atoms with Gasteiger partial charge >= 0.3 is 11.8 Å². The summed E-state index contributed by atoms with van der Waals surface area (Å²) in [7, 11) is 0. The highest BCUT2D eigenvalue weighted by Gasteiger charge is 2.24. The summed E-state index contributed by atoms with van der Waals surface area (Å²) in [5.74, 6) is -0.989. The predicted octanol–water partition coefficient (Wildman–Crippen LogP) is 1.26. The summed E-state index contributed by atoms with van der Waals surface area (Å²) in [5, 5.41) is 2.76. The summed E-state index contributed by atoms with van der Waals surface area (Å²) >= 11 is 0. The molecule has 6 nitrogen and oxygen atoms in total. The van der Waals surface area contributed by atoms with Crippen LogP contribution >= 0.6 is 0 Å². The van der Waals surface area contributed by atoms with Gasteiger partial charge in [0.2, 0.25) is 0 Å². The second-order valence-electron chi connectivity index (χ2n) is 6.58. The van der Waals surface area contributed by atoms with Crippen molar-refractivity contribution in [2.24, 2.45) is 0 Å². The molecule has 25 heavy (non-hydrogen) atoms. The van der Waals surface area contributed by atoms with Crippen LogP contribution in [-0.2, 0) is 20.9 Å². The van der Waals surface area contributed by atoms with Gasteiger partial charge in [0.1, 0.15) is 0 Å². The molecule has 1 fully saturated rings. The lowest BCUT2D eigenvalue weighted by molar-refractivity contribution is -0.147. The Balaban J connectivity index is 1.76. The Hall–Kier alpha value is -1.92. The smallest absolute Gasteiger partial charge is 0.312 e. The summed E-state index contributed by atoms with van der Waals surface area (Å²) in [6.07, 6.45) is 0.833. The van der Waals surface area contributed by atoms with Gasteiger partial charge in [0.15, 0.2) is 0 Å². The van der Waals surface area contributed by atoms with E-state index in [4.69, 9.17) is 4.74 Å². The number of morpholine rings is 1. The Labute approximate surface area is 150 Å². The van der Waals surface area contributed by atoms with E-state index in [1.165, 1.54) is 0 Å². The Bertz CT molecular complexity index is 542. The summed E-state index contributed by atoms with van der Waals surface area (Å²) in [5.41, 5.74) is 1.02. The van der Waals surface area contributed by atoms with E-state index in [9.17, 15) is 9.59 Å². The van der Waals surface area contributed by atoms with Crippen LogP contribution < -0.4 is 5.32 Å². The lowest BCUT2D eigenvalue weighted by Crippen LogP contribution is -2.46. The zero-order valence-corrected chi connectivity index (χ0v) is 15.2. The topological polar surface area (TPSA) is 61.9 Å². The Morgan fingerprint density at radius 1 is 1.20 bits per heavy atom. The molecule has 1 aliphatic rings. The number of benzene rings is 1. The van der Waals surface area contributed by atoms with Crippen LogP contribution in [0.1, 0.15) is 25.8 Å². The Kier molecular flexibility index (Phi) is 7.88. The van der Waals surface area contributed by atoms with Crippen molar-refractivity contribution in [3.05, 3.63) is 35.9 Å². The van der Waals surface area contributed by atoms with Crippen molar-refractivity contribution in [1.82, 2.24) is 15.1 Å². The van der Waals surface area contributed by atoms with E-state index in [-0.39, 0.29) is 6.04 Å². The second-order valence-corrected chi connectivity index (χ2v) is 6.58. The maximum Gasteiger partial charge on any atom is 0.312 e. The number of carbonyl (C=O) groups excluding carboxylic acids is 2. The minimum absolute atomic E-state index is 0.0354. The Morgan fingerprint density at radius 3 is 2.52 bits per heavy atom. The van der Waals surface area contributed by atoms with E-state index < -0.39 is 11.8 Å². The number of carbonyl (C=O) groups is 2. The van der Waals surface area contributed by atoms with Gasteiger partial charge < -0.3 is 15.0 Å². The van der Waals surface area contributed by atoms with Gasteiger partial charge in [-0.15, -0.1) is 0 Å². The lowest BCUT2D eigenvalue weighted by Gasteiger charge is -2.27. The molecule has 0 unspecified atom stereocenters. The normalized spacial score (nSPS) is 15.2. The van der Waals surface area contributed by atoms with E-state index in [0.29, 0.717) is 13.1 Å². The first-order valence-corrected chi connectivity index (χ1v) is 9.00. The SMILES string of the molecule is CC(C)N(Cc1ccccc1)C(=O)C(=O)NCCCN1CCOCC1. The van der Waals surface area contributed by atoms with E-state index >= 15 is 0 Å².